The number of methoxy groups -OCH3 is 1. The zero-order valence-corrected chi connectivity index (χ0v) is 11.3. The molecule has 0 saturated carbocycles. The minimum absolute atomic E-state index is 0.713. The van der Waals surface area contributed by atoms with Crippen LogP contribution in [0, 0.1) is 6.92 Å². The summed E-state index contributed by atoms with van der Waals surface area (Å²) in [6, 6.07) is 9.73. The number of ether oxygens (including phenoxy) is 1. The van der Waals surface area contributed by atoms with Gasteiger partial charge in [-0.15, -0.1) is 11.8 Å². The quantitative estimate of drug-likeness (QED) is 0.677. The molecule has 0 spiro atoms. The SMILES string of the molecule is COc1cc(N)ccc1SCc1ncccc1C. The Morgan fingerprint density at radius 1 is 1.33 bits per heavy atom. The molecule has 0 aliphatic carbocycles. The molecular weight excluding hydrogens is 244 g/mol. The molecule has 2 aromatic rings. The first kappa shape index (κ1) is 12.8. The number of anilines is 1. The lowest BCUT2D eigenvalue weighted by Crippen LogP contribution is -1.93. The molecule has 94 valence electrons. The summed E-state index contributed by atoms with van der Waals surface area (Å²) in [5, 5.41) is 0. The second-order valence-electron chi connectivity index (χ2n) is 3.97. The Balaban J connectivity index is 2.13. The third-order valence-corrected chi connectivity index (χ3v) is 3.74. The fourth-order valence-corrected chi connectivity index (χ4v) is 2.66. The lowest BCUT2D eigenvalue weighted by molar-refractivity contribution is 0.405. The summed E-state index contributed by atoms with van der Waals surface area (Å²) >= 11 is 1.70. The van der Waals surface area contributed by atoms with Gasteiger partial charge in [0.1, 0.15) is 5.75 Å². The molecule has 0 saturated heterocycles. The molecule has 2 rings (SSSR count). The van der Waals surface area contributed by atoms with E-state index in [0.29, 0.717) is 5.69 Å². The van der Waals surface area contributed by atoms with Crippen LogP contribution in [0.3, 0.4) is 0 Å². The van der Waals surface area contributed by atoms with E-state index in [1.165, 1.54) is 5.56 Å². The molecule has 2 N–H and O–H groups in total. The van der Waals surface area contributed by atoms with Gasteiger partial charge in [0.05, 0.1) is 12.8 Å². The van der Waals surface area contributed by atoms with Crippen LogP contribution in [0.2, 0.25) is 0 Å². The number of hydrogen-bond acceptors (Lipinski definition) is 4. The zero-order chi connectivity index (χ0) is 13.0. The summed E-state index contributed by atoms with van der Waals surface area (Å²) < 4.78 is 5.32. The Labute approximate surface area is 111 Å². The predicted octanol–water partition coefficient (Wildman–Crippen LogP) is 3.27. The van der Waals surface area contributed by atoms with Crippen LogP contribution in [0.4, 0.5) is 5.69 Å². The molecule has 0 atom stereocenters. The third-order valence-electron chi connectivity index (χ3n) is 2.67. The lowest BCUT2D eigenvalue weighted by Gasteiger charge is -2.09. The molecule has 18 heavy (non-hydrogen) atoms. The van der Waals surface area contributed by atoms with E-state index in [1.807, 2.05) is 30.5 Å². The Hall–Kier alpha value is -1.68. The molecule has 0 fully saturated rings. The van der Waals surface area contributed by atoms with E-state index < -0.39 is 0 Å². The van der Waals surface area contributed by atoms with Gasteiger partial charge in [-0.05, 0) is 30.7 Å². The van der Waals surface area contributed by atoms with E-state index >= 15 is 0 Å². The number of pyridine rings is 1. The second-order valence-corrected chi connectivity index (χ2v) is 4.98. The first-order valence-electron chi connectivity index (χ1n) is 5.67. The highest BCUT2D eigenvalue weighted by Crippen LogP contribution is 2.33. The molecule has 0 unspecified atom stereocenters. The average molecular weight is 260 g/mol. The van der Waals surface area contributed by atoms with Crippen molar-refractivity contribution in [1.29, 1.82) is 0 Å². The fraction of sp³-hybridized carbons (Fsp3) is 0.214. The number of hydrogen-bond donors (Lipinski definition) is 1. The fourth-order valence-electron chi connectivity index (χ4n) is 1.62. The van der Waals surface area contributed by atoms with E-state index in [2.05, 4.69) is 18.0 Å². The molecule has 0 aliphatic rings. The van der Waals surface area contributed by atoms with Gasteiger partial charge in [0.2, 0.25) is 0 Å². The number of benzene rings is 1. The van der Waals surface area contributed by atoms with Crippen LogP contribution in [-0.4, -0.2) is 12.1 Å². The van der Waals surface area contributed by atoms with Gasteiger partial charge in [0.25, 0.3) is 0 Å². The Kier molecular flexibility index (Phi) is 4.10. The van der Waals surface area contributed by atoms with Crippen LogP contribution in [0.1, 0.15) is 11.3 Å². The van der Waals surface area contributed by atoms with Crippen molar-refractivity contribution in [2.75, 3.05) is 12.8 Å². The first-order valence-corrected chi connectivity index (χ1v) is 6.66. The summed E-state index contributed by atoms with van der Waals surface area (Å²) in [5.41, 5.74) is 8.75. The van der Waals surface area contributed by atoms with Crippen molar-refractivity contribution < 1.29 is 4.74 Å². The van der Waals surface area contributed by atoms with E-state index in [1.54, 1.807) is 18.9 Å². The maximum atomic E-state index is 5.73. The molecule has 0 amide bonds. The van der Waals surface area contributed by atoms with E-state index in [-0.39, 0.29) is 0 Å². The Morgan fingerprint density at radius 3 is 2.89 bits per heavy atom. The predicted molar refractivity (Wildman–Crippen MR) is 75.9 cm³/mol. The number of aryl methyl sites for hydroxylation is 1. The smallest absolute Gasteiger partial charge is 0.134 e. The molecule has 1 aromatic carbocycles. The zero-order valence-electron chi connectivity index (χ0n) is 10.5. The minimum atomic E-state index is 0.713. The van der Waals surface area contributed by atoms with Crippen molar-refractivity contribution in [2.45, 2.75) is 17.6 Å². The van der Waals surface area contributed by atoms with E-state index in [4.69, 9.17) is 10.5 Å². The van der Waals surface area contributed by atoms with Crippen LogP contribution >= 0.6 is 11.8 Å². The van der Waals surface area contributed by atoms with E-state index in [9.17, 15) is 0 Å². The van der Waals surface area contributed by atoms with Crippen molar-refractivity contribution in [1.82, 2.24) is 4.98 Å². The normalized spacial score (nSPS) is 10.3. The van der Waals surface area contributed by atoms with Crippen molar-refractivity contribution in [3.05, 3.63) is 47.8 Å². The maximum Gasteiger partial charge on any atom is 0.134 e. The molecule has 4 heteroatoms. The largest absolute Gasteiger partial charge is 0.496 e. The van der Waals surface area contributed by atoms with E-state index in [0.717, 1.165) is 22.1 Å². The molecule has 1 aromatic heterocycles. The maximum absolute atomic E-state index is 5.73. The number of nitrogen functional groups attached to an aromatic ring is 1. The van der Waals surface area contributed by atoms with Gasteiger partial charge in [-0.3, -0.25) is 4.98 Å². The topological polar surface area (TPSA) is 48.1 Å². The molecular formula is C14H16N2OS. The molecule has 3 nitrogen and oxygen atoms in total. The third kappa shape index (κ3) is 2.96. The summed E-state index contributed by atoms with van der Waals surface area (Å²) in [4.78, 5) is 5.46. The van der Waals surface area contributed by atoms with Crippen LogP contribution in [0.5, 0.6) is 5.75 Å². The molecule has 1 heterocycles. The van der Waals surface area contributed by atoms with Gasteiger partial charge < -0.3 is 10.5 Å². The number of nitrogens with two attached hydrogens (primary N) is 1. The standard InChI is InChI=1S/C14H16N2OS/c1-10-4-3-7-16-12(10)9-18-14-6-5-11(15)8-13(14)17-2/h3-8H,9,15H2,1-2H3. The first-order chi connectivity index (χ1) is 8.70. The lowest BCUT2D eigenvalue weighted by atomic mass is 10.2. The number of aromatic nitrogens is 1. The van der Waals surface area contributed by atoms with Gasteiger partial charge in [-0.2, -0.15) is 0 Å². The summed E-state index contributed by atoms with van der Waals surface area (Å²) in [7, 11) is 1.66. The monoisotopic (exact) mass is 260 g/mol. The van der Waals surface area contributed by atoms with Crippen LogP contribution in [0.25, 0.3) is 0 Å². The number of rotatable bonds is 4. The van der Waals surface area contributed by atoms with Gasteiger partial charge in [0, 0.05) is 28.6 Å². The second kappa shape index (κ2) is 5.78. The molecule has 0 radical (unpaired) electrons. The van der Waals surface area contributed by atoms with Gasteiger partial charge in [-0.25, -0.2) is 0 Å². The number of nitrogens with zero attached hydrogens (tertiary/aromatic N) is 1. The van der Waals surface area contributed by atoms with Crippen LogP contribution in [0.15, 0.2) is 41.4 Å². The van der Waals surface area contributed by atoms with Crippen LogP contribution in [-0.2, 0) is 5.75 Å². The van der Waals surface area contributed by atoms with Crippen molar-refractivity contribution in [2.24, 2.45) is 0 Å². The summed E-state index contributed by atoms with van der Waals surface area (Å²) in [6.45, 7) is 2.07. The highest BCUT2D eigenvalue weighted by molar-refractivity contribution is 7.98. The highest BCUT2D eigenvalue weighted by Gasteiger charge is 2.06. The van der Waals surface area contributed by atoms with Crippen molar-refractivity contribution in [3.63, 3.8) is 0 Å². The van der Waals surface area contributed by atoms with Gasteiger partial charge in [0.15, 0.2) is 0 Å². The van der Waals surface area contributed by atoms with Crippen molar-refractivity contribution >= 4 is 17.4 Å². The van der Waals surface area contributed by atoms with Gasteiger partial charge in [-0.1, -0.05) is 6.07 Å². The highest BCUT2D eigenvalue weighted by atomic mass is 32.2. The van der Waals surface area contributed by atoms with Crippen LogP contribution < -0.4 is 10.5 Å². The molecule has 0 bridgehead atoms. The Morgan fingerprint density at radius 2 is 2.17 bits per heavy atom. The number of thioether (sulfide) groups is 1. The average Bonchev–Trinajstić information content (AvgIpc) is 2.39. The summed E-state index contributed by atoms with van der Waals surface area (Å²) in [6.07, 6.45) is 1.82. The summed E-state index contributed by atoms with van der Waals surface area (Å²) in [5.74, 6) is 1.64. The molecule has 0 aliphatic heterocycles. The van der Waals surface area contributed by atoms with Crippen molar-refractivity contribution in [3.8, 4) is 5.75 Å². The van der Waals surface area contributed by atoms with Gasteiger partial charge >= 0.3 is 0 Å². The minimum Gasteiger partial charge on any atom is -0.496 e. The Bertz CT molecular complexity index is 543.